The molecule has 0 bridgehead atoms. The van der Waals surface area contributed by atoms with Gasteiger partial charge < -0.3 is 10.2 Å². The summed E-state index contributed by atoms with van der Waals surface area (Å²) < 4.78 is 5.12. The molecule has 0 spiro atoms. The van der Waals surface area contributed by atoms with E-state index in [9.17, 15) is 4.79 Å². The van der Waals surface area contributed by atoms with Gasteiger partial charge in [-0.15, -0.1) is 0 Å². The zero-order chi connectivity index (χ0) is 10.5. The topological polar surface area (TPSA) is 50.4 Å². The van der Waals surface area contributed by atoms with Crippen molar-refractivity contribution in [3.8, 4) is 0 Å². The van der Waals surface area contributed by atoms with E-state index in [2.05, 4.69) is 10.9 Å². The lowest BCUT2D eigenvalue weighted by molar-refractivity contribution is -0.140. The molecule has 0 fully saturated rings. The van der Waals surface area contributed by atoms with Crippen LogP contribution in [-0.4, -0.2) is 12.5 Å². The van der Waals surface area contributed by atoms with E-state index in [0.29, 0.717) is 18.7 Å². The lowest BCUT2D eigenvalue weighted by Crippen LogP contribution is -2.21. The molecule has 2 rings (SSSR count). The van der Waals surface area contributed by atoms with E-state index in [1.54, 1.807) is 6.20 Å². The van der Waals surface area contributed by atoms with Crippen LogP contribution in [0.3, 0.4) is 0 Å². The number of rotatable bonds is 3. The monoisotopic (exact) mass is 204 g/mol. The highest BCUT2D eigenvalue weighted by atomic mass is 16.5. The summed E-state index contributed by atoms with van der Waals surface area (Å²) in [6, 6.07) is 9.61. The van der Waals surface area contributed by atoms with Crippen LogP contribution in [0.4, 0.5) is 0 Å². The van der Waals surface area contributed by atoms with Crippen molar-refractivity contribution >= 4 is 5.97 Å². The molecule has 4 heteroatoms. The molecule has 0 saturated heterocycles. The summed E-state index contributed by atoms with van der Waals surface area (Å²) in [5.41, 5.74) is 7.15. The van der Waals surface area contributed by atoms with Crippen LogP contribution in [0.1, 0.15) is 5.56 Å². The van der Waals surface area contributed by atoms with Gasteiger partial charge in [0, 0.05) is 12.7 Å². The quantitative estimate of drug-likeness (QED) is 0.712. The molecule has 0 saturated carbocycles. The van der Waals surface area contributed by atoms with Crippen LogP contribution in [0.15, 0.2) is 42.1 Å². The molecule has 1 heterocycles. The molecule has 1 aromatic carbocycles. The van der Waals surface area contributed by atoms with E-state index >= 15 is 0 Å². The van der Waals surface area contributed by atoms with Crippen molar-refractivity contribution in [2.45, 2.75) is 6.61 Å². The molecule has 0 aromatic heterocycles. The summed E-state index contributed by atoms with van der Waals surface area (Å²) in [4.78, 5) is 11.4. The molecule has 1 aromatic rings. The van der Waals surface area contributed by atoms with Gasteiger partial charge in [-0.05, 0) is 5.56 Å². The third kappa shape index (κ3) is 2.57. The minimum atomic E-state index is -0.281. The van der Waals surface area contributed by atoms with Gasteiger partial charge >= 0.3 is 5.97 Å². The molecule has 78 valence electrons. The molecule has 0 radical (unpaired) electrons. The maximum absolute atomic E-state index is 11.4. The zero-order valence-electron chi connectivity index (χ0n) is 8.19. The minimum absolute atomic E-state index is 0.281. The van der Waals surface area contributed by atoms with E-state index in [0.717, 1.165) is 5.56 Å². The van der Waals surface area contributed by atoms with Crippen molar-refractivity contribution in [2.24, 2.45) is 0 Å². The average molecular weight is 204 g/mol. The summed E-state index contributed by atoms with van der Waals surface area (Å²) in [7, 11) is 0. The van der Waals surface area contributed by atoms with E-state index < -0.39 is 0 Å². The Morgan fingerprint density at radius 3 is 2.80 bits per heavy atom. The van der Waals surface area contributed by atoms with Crippen LogP contribution in [0.25, 0.3) is 0 Å². The second-order valence-corrected chi connectivity index (χ2v) is 3.23. The molecule has 1 aliphatic heterocycles. The van der Waals surface area contributed by atoms with Crippen LogP contribution in [0.2, 0.25) is 0 Å². The standard InChI is InChI=1S/C11H12N2O2/c14-11(10-6-12-13-7-10)15-8-9-4-2-1-3-5-9/h1-6,12-13H,7-8H2. The number of carbonyl (C=O) groups is 1. The second kappa shape index (κ2) is 4.61. The van der Waals surface area contributed by atoms with Crippen molar-refractivity contribution in [3.63, 3.8) is 0 Å². The Bertz CT molecular complexity index is 373. The van der Waals surface area contributed by atoms with Crippen molar-refractivity contribution in [3.05, 3.63) is 47.7 Å². The number of benzene rings is 1. The lowest BCUT2D eigenvalue weighted by atomic mass is 10.2. The molecular weight excluding hydrogens is 192 g/mol. The Balaban J connectivity index is 1.86. The number of ether oxygens (including phenoxy) is 1. The molecule has 4 nitrogen and oxygen atoms in total. The average Bonchev–Trinajstić information content (AvgIpc) is 2.81. The first kappa shape index (κ1) is 9.73. The number of esters is 1. The Morgan fingerprint density at radius 2 is 2.13 bits per heavy atom. The Labute approximate surface area is 87.9 Å². The van der Waals surface area contributed by atoms with Gasteiger partial charge in [0.1, 0.15) is 6.61 Å². The summed E-state index contributed by atoms with van der Waals surface area (Å²) in [5, 5.41) is 0. The highest BCUT2D eigenvalue weighted by Crippen LogP contribution is 2.04. The largest absolute Gasteiger partial charge is 0.457 e. The number of nitrogens with one attached hydrogen (secondary N) is 2. The van der Waals surface area contributed by atoms with Gasteiger partial charge in [-0.25, -0.2) is 10.2 Å². The number of hydrazine groups is 1. The third-order valence-corrected chi connectivity index (χ3v) is 2.10. The Morgan fingerprint density at radius 1 is 1.33 bits per heavy atom. The molecule has 2 N–H and O–H groups in total. The molecule has 0 unspecified atom stereocenters. The molecule has 0 aliphatic carbocycles. The summed E-state index contributed by atoms with van der Waals surface area (Å²) in [5.74, 6) is -0.281. The predicted molar refractivity (Wildman–Crippen MR) is 55.5 cm³/mol. The van der Waals surface area contributed by atoms with Gasteiger partial charge in [0.05, 0.1) is 5.57 Å². The first-order valence-corrected chi connectivity index (χ1v) is 4.75. The molecular formula is C11H12N2O2. The van der Waals surface area contributed by atoms with Gasteiger partial charge in [-0.2, -0.15) is 0 Å². The minimum Gasteiger partial charge on any atom is -0.457 e. The SMILES string of the molecule is O=C(OCc1ccccc1)C1=CNNC1. The van der Waals surface area contributed by atoms with E-state index in [4.69, 9.17) is 4.74 Å². The third-order valence-electron chi connectivity index (χ3n) is 2.10. The molecule has 15 heavy (non-hydrogen) atoms. The lowest BCUT2D eigenvalue weighted by Gasteiger charge is -2.04. The second-order valence-electron chi connectivity index (χ2n) is 3.23. The maximum atomic E-state index is 11.4. The fourth-order valence-electron chi connectivity index (χ4n) is 1.28. The van der Waals surface area contributed by atoms with Gasteiger partial charge in [0.15, 0.2) is 0 Å². The van der Waals surface area contributed by atoms with Crippen LogP contribution >= 0.6 is 0 Å². The smallest absolute Gasteiger partial charge is 0.337 e. The zero-order valence-corrected chi connectivity index (χ0v) is 8.19. The van der Waals surface area contributed by atoms with Crippen molar-refractivity contribution in [1.29, 1.82) is 0 Å². The highest BCUT2D eigenvalue weighted by Gasteiger charge is 2.13. The fourth-order valence-corrected chi connectivity index (χ4v) is 1.28. The van der Waals surface area contributed by atoms with E-state index in [1.807, 2.05) is 30.3 Å². The Kier molecular flexibility index (Phi) is 2.99. The molecule has 0 atom stereocenters. The molecule has 1 aliphatic rings. The van der Waals surface area contributed by atoms with Crippen molar-refractivity contribution in [2.75, 3.05) is 6.54 Å². The van der Waals surface area contributed by atoms with Crippen LogP contribution in [0.5, 0.6) is 0 Å². The number of carbonyl (C=O) groups excluding carboxylic acids is 1. The Hall–Kier alpha value is -1.81. The first-order chi connectivity index (χ1) is 7.36. The number of hydrogen-bond acceptors (Lipinski definition) is 4. The van der Waals surface area contributed by atoms with Crippen molar-refractivity contribution < 1.29 is 9.53 Å². The van der Waals surface area contributed by atoms with Gasteiger partial charge in [0.2, 0.25) is 0 Å². The van der Waals surface area contributed by atoms with Gasteiger partial charge in [-0.3, -0.25) is 0 Å². The summed E-state index contributed by atoms with van der Waals surface area (Å²) in [6.45, 7) is 0.824. The molecule has 0 amide bonds. The van der Waals surface area contributed by atoms with Crippen molar-refractivity contribution in [1.82, 2.24) is 10.9 Å². The van der Waals surface area contributed by atoms with Crippen LogP contribution < -0.4 is 10.9 Å². The van der Waals surface area contributed by atoms with Gasteiger partial charge in [-0.1, -0.05) is 30.3 Å². The summed E-state index contributed by atoms with van der Waals surface area (Å²) >= 11 is 0. The fraction of sp³-hybridized carbons (Fsp3) is 0.182. The number of hydrogen-bond donors (Lipinski definition) is 2. The van der Waals surface area contributed by atoms with Crippen LogP contribution in [0, 0.1) is 0 Å². The predicted octanol–water partition coefficient (Wildman–Crippen LogP) is 0.721. The highest BCUT2D eigenvalue weighted by molar-refractivity contribution is 5.89. The van der Waals surface area contributed by atoms with Crippen LogP contribution in [-0.2, 0) is 16.1 Å². The van der Waals surface area contributed by atoms with E-state index in [1.165, 1.54) is 0 Å². The summed E-state index contributed by atoms with van der Waals surface area (Å²) in [6.07, 6.45) is 1.62. The van der Waals surface area contributed by atoms with Gasteiger partial charge in [0.25, 0.3) is 0 Å². The first-order valence-electron chi connectivity index (χ1n) is 4.75. The maximum Gasteiger partial charge on any atom is 0.337 e. The van der Waals surface area contributed by atoms with E-state index in [-0.39, 0.29) is 5.97 Å². The normalized spacial score (nSPS) is 14.3.